The van der Waals surface area contributed by atoms with Gasteiger partial charge in [-0.05, 0) is 43.2 Å². The van der Waals surface area contributed by atoms with Crippen molar-refractivity contribution in [2.45, 2.75) is 27.1 Å². The van der Waals surface area contributed by atoms with Gasteiger partial charge in [0.25, 0.3) is 0 Å². The number of hydrogen-bond acceptors (Lipinski definition) is 6. The van der Waals surface area contributed by atoms with Gasteiger partial charge in [0, 0.05) is 23.3 Å². The van der Waals surface area contributed by atoms with Gasteiger partial charge in [-0.25, -0.2) is 0 Å². The predicted octanol–water partition coefficient (Wildman–Crippen LogP) is 4.35. The number of benzene rings is 2. The van der Waals surface area contributed by atoms with E-state index in [4.69, 9.17) is 23.7 Å². The normalized spacial score (nSPS) is 14.7. The van der Waals surface area contributed by atoms with Crippen molar-refractivity contribution in [1.82, 2.24) is 0 Å². The fourth-order valence-corrected chi connectivity index (χ4v) is 4.37. The Morgan fingerprint density at radius 2 is 1.15 bits per heavy atom. The average molecular weight is 466 g/mol. The lowest BCUT2D eigenvalue weighted by atomic mass is 9.99. The standard InChI is InChI=1S/C27H31NO6/c1-18-12-20-16-33-10-8-32-9-11-34-17-21-13-19(2)15-23(27(21)31-4)25-7-5-6-24(28(25)29)22(14-18)26(20)30-3/h5-7,12-15H,8-11,16-17H2,1-4H3. The lowest BCUT2D eigenvalue weighted by Gasteiger charge is -2.18. The summed E-state index contributed by atoms with van der Waals surface area (Å²) in [6.07, 6.45) is 0. The van der Waals surface area contributed by atoms with Gasteiger partial charge in [0.05, 0.1) is 65.0 Å². The van der Waals surface area contributed by atoms with Crippen LogP contribution in [0.25, 0.3) is 22.5 Å². The monoisotopic (exact) mass is 465 g/mol. The Hall–Kier alpha value is -3.13. The van der Waals surface area contributed by atoms with Crippen molar-refractivity contribution in [3.8, 4) is 34.0 Å². The van der Waals surface area contributed by atoms with Crippen LogP contribution < -0.4 is 14.2 Å². The topological polar surface area (TPSA) is 73.1 Å². The number of methoxy groups -OCH3 is 2. The van der Waals surface area contributed by atoms with Gasteiger partial charge < -0.3 is 28.9 Å². The largest absolute Gasteiger partial charge is 0.618 e. The highest BCUT2D eigenvalue weighted by Crippen LogP contribution is 2.37. The molecule has 1 aliphatic heterocycles. The van der Waals surface area contributed by atoms with Gasteiger partial charge in [0.2, 0.25) is 11.4 Å². The van der Waals surface area contributed by atoms with E-state index < -0.39 is 0 Å². The molecule has 1 aliphatic rings. The quantitative estimate of drug-likeness (QED) is 0.414. The fourth-order valence-electron chi connectivity index (χ4n) is 4.37. The molecule has 34 heavy (non-hydrogen) atoms. The Morgan fingerprint density at radius 1 is 0.706 bits per heavy atom. The van der Waals surface area contributed by atoms with E-state index in [1.54, 1.807) is 26.4 Å². The van der Waals surface area contributed by atoms with Gasteiger partial charge >= 0.3 is 0 Å². The summed E-state index contributed by atoms with van der Waals surface area (Å²) in [6, 6.07) is 13.4. The molecule has 7 nitrogen and oxygen atoms in total. The van der Waals surface area contributed by atoms with E-state index in [-0.39, 0.29) is 0 Å². The minimum Gasteiger partial charge on any atom is -0.618 e. The molecule has 0 aliphatic carbocycles. The number of rotatable bonds is 2. The molecule has 0 atom stereocenters. The molecule has 2 heterocycles. The second-order valence-corrected chi connectivity index (χ2v) is 8.32. The summed E-state index contributed by atoms with van der Waals surface area (Å²) < 4.78 is 29.8. The van der Waals surface area contributed by atoms with Crippen LogP contribution in [0.4, 0.5) is 0 Å². The molecular formula is C27H31NO6. The zero-order valence-electron chi connectivity index (χ0n) is 20.2. The summed E-state index contributed by atoms with van der Waals surface area (Å²) in [5.74, 6) is 1.25. The van der Waals surface area contributed by atoms with E-state index in [0.717, 1.165) is 27.0 Å². The summed E-state index contributed by atoms with van der Waals surface area (Å²) in [5.41, 5.74) is 6.19. The van der Waals surface area contributed by atoms with Crippen LogP contribution in [0.3, 0.4) is 0 Å². The number of hydrogen-bond donors (Lipinski definition) is 0. The summed E-state index contributed by atoms with van der Waals surface area (Å²) in [6.45, 7) is 6.51. The van der Waals surface area contributed by atoms with E-state index in [1.807, 2.05) is 44.2 Å². The van der Waals surface area contributed by atoms with Crippen molar-refractivity contribution < 1.29 is 28.4 Å². The molecule has 180 valence electrons. The van der Waals surface area contributed by atoms with Crippen LogP contribution in [-0.4, -0.2) is 40.6 Å². The first kappa shape index (κ1) is 24.0. The van der Waals surface area contributed by atoms with E-state index in [0.29, 0.717) is 73.7 Å². The Balaban J connectivity index is 1.92. The van der Waals surface area contributed by atoms with Gasteiger partial charge in [-0.3, -0.25) is 0 Å². The lowest BCUT2D eigenvalue weighted by molar-refractivity contribution is -0.581. The third-order valence-corrected chi connectivity index (χ3v) is 5.79. The second kappa shape index (κ2) is 10.9. The molecule has 4 rings (SSSR count). The number of pyridine rings is 1. The number of aromatic nitrogens is 1. The first-order valence-corrected chi connectivity index (χ1v) is 11.3. The summed E-state index contributed by atoms with van der Waals surface area (Å²) >= 11 is 0. The molecule has 7 heteroatoms. The molecule has 0 spiro atoms. The Bertz CT molecular complexity index is 1070. The lowest BCUT2D eigenvalue weighted by Crippen LogP contribution is -2.32. The van der Waals surface area contributed by atoms with Crippen LogP contribution in [0.2, 0.25) is 0 Å². The third kappa shape index (κ3) is 5.01. The molecule has 0 saturated heterocycles. The molecule has 2 aromatic carbocycles. The van der Waals surface area contributed by atoms with E-state index in [1.165, 1.54) is 0 Å². The highest BCUT2D eigenvalue weighted by Gasteiger charge is 2.24. The first-order chi connectivity index (χ1) is 16.5. The van der Waals surface area contributed by atoms with Crippen LogP contribution in [-0.2, 0) is 27.4 Å². The Morgan fingerprint density at radius 3 is 1.59 bits per heavy atom. The maximum atomic E-state index is 13.8. The minimum atomic E-state index is 0.353. The van der Waals surface area contributed by atoms with Crippen LogP contribution in [0.15, 0.2) is 42.5 Å². The van der Waals surface area contributed by atoms with E-state index in [2.05, 4.69) is 0 Å². The van der Waals surface area contributed by atoms with E-state index in [9.17, 15) is 5.21 Å². The van der Waals surface area contributed by atoms with Crippen LogP contribution >= 0.6 is 0 Å². The fraction of sp³-hybridized carbons (Fsp3) is 0.370. The summed E-state index contributed by atoms with van der Waals surface area (Å²) in [7, 11) is 3.23. The predicted molar refractivity (Wildman–Crippen MR) is 129 cm³/mol. The van der Waals surface area contributed by atoms with Crippen LogP contribution in [0, 0.1) is 19.1 Å². The minimum absolute atomic E-state index is 0.353. The molecule has 1 aromatic heterocycles. The molecule has 3 aromatic rings. The third-order valence-electron chi connectivity index (χ3n) is 5.79. The number of aryl methyl sites for hydroxylation is 2. The van der Waals surface area contributed by atoms with Crippen LogP contribution in [0.1, 0.15) is 22.3 Å². The molecule has 0 unspecified atom stereocenters. The van der Waals surface area contributed by atoms with E-state index >= 15 is 0 Å². The zero-order chi connectivity index (χ0) is 24.1. The molecule has 0 fully saturated rings. The highest BCUT2D eigenvalue weighted by atomic mass is 16.5. The molecule has 0 amide bonds. The van der Waals surface area contributed by atoms with Crippen molar-refractivity contribution in [2.24, 2.45) is 0 Å². The summed E-state index contributed by atoms with van der Waals surface area (Å²) in [4.78, 5) is 0. The maximum Gasteiger partial charge on any atom is 0.228 e. The second-order valence-electron chi connectivity index (χ2n) is 8.32. The number of fused-ring (bicyclic) bond motifs is 8. The molecule has 6 bridgehead atoms. The number of nitrogens with zero attached hydrogens (tertiary/aromatic N) is 1. The molecule has 0 N–H and O–H groups in total. The molecular weight excluding hydrogens is 434 g/mol. The van der Waals surface area contributed by atoms with Crippen molar-refractivity contribution in [3.63, 3.8) is 0 Å². The number of ether oxygens (including phenoxy) is 5. The van der Waals surface area contributed by atoms with Gasteiger partial charge in [-0.2, -0.15) is 4.73 Å². The Kier molecular flexibility index (Phi) is 7.67. The van der Waals surface area contributed by atoms with Crippen molar-refractivity contribution in [3.05, 3.63) is 69.9 Å². The Labute approximate surface area is 200 Å². The van der Waals surface area contributed by atoms with Gasteiger partial charge in [-0.1, -0.05) is 12.1 Å². The maximum absolute atomic E-state index is 13.8. The van der Waals surface area contributed by atoms with Crippen molar-refractivity contribution >= 4 is 0 Å². The van der Waals surface area contributed by atoms with Crippen molar-refractivity contribution in [1.29, 1.82) is 0 Å². The first-order valence-electron chi connectivity index (χ1n) is 11.3. The van der Waals surface area contributed by atoms with Gasteiger partial charge in [0.15, 0.2) is 0 Å². The molecule has 0 saturated carbocycles. The molecule has 0 radical (unpaired) electrons. The smallest absolute Gasteiger partial charge is 0.228 e. The average Bonchev–Trinajstić information content (AvgIpc) is 2.82. The summed E-state index contributed by atoms with van der Waals surface area (Å²) in [5, 5.41) is 13.8. The van der Waals surface area contributed by atoms with Gasteiger partial charge in [-0.15, -0.1) is 0 Å². The van der Waals surface area contributed by atoms with Gasteiger partial charge in [0.1, 0.15) is 11.5 Å². The zero-order valence-corrected chi connectivity index (χ0v) is 20.2. The van der Waals surface area contributed by atoms with Crippen LogP contribution in [0.5, 0.6) is 11.5 Å². The highest BCUT2D eigenvalue weighted by molar-refractivity contribution is 5.72. The SMILES string of the molecule is COc1c2cc(C)cc1-c1cccc([n+]1[O-])-c1cc(C)cc(c1OC)COCCOCCOC2. The van der Waals surface area contributed by atoms with Crippen molar-refractivity contribution in [2.75, 3.05) is 40.6 Å².